The summed E-state index contributed by atoms with van der Waals surface area (Å²) in [6.07, 6.45) is 6.45. The molecule has 0 unspecified atom stereocenters. The summed E-state index contributed by atoms with van der Waals surface area (Å²) in [7, 11) is -3.49. The summed E-state index contributed by atoms with van der Waals surface area (Å²) in [5.74, 6) is 0.489. The summed E-state index contributed by atoms with van der Waals surface area (Å²) in [5, 5.41) is 3.86. The molecule has 0 atom stereocenters. The van der Waals surface area contributed by atoms with Gasteiger partial charge in [0.15, 0.2) is 6.54 Å². The van der Waals surface area contributed by atoms with Gasteiger partial charge in [-0.25, -0.2) is 13.8 Å². The first-order valence-electron chi connectivity index (χ1n) is 9.37. The van der Waals surface area contributed by atoms with Gasteiger partial charge in [-0.2, -0.15) is 9.41 Å². The van der Waals surface area contributed by atoms with Crippen LogP contribution in [0.15, 0.2) is 63.2 Å². The molecule has 1 aromatic carbocycles. The highest BCUT2D eigenvalue weighted by Gasteiger charge is 2.30. The van der Waals surface area contributed by atoms with Gasteiger partial charge in [0.2, 0.25) is 10.0 Å². The molecule has 154 valence electrons. The van der Waals surface area contributed by atoms with Gasteiger partial charge >= 0.3 is 0 Å². The van der Waals surface area contributed by atoms with E-state index >= 15 is 0 Å². The molecule has 29 heavy (non-hydrogen) atoms. The topological polar surface area (TPSA) is 96.4 Å². The van der Waals surface area contributed by atoms with Crippen LogP contribution in [-0.2, 0) is 14.8 Å². The Kier molecular flexibility index (Phi) is 6.97. The Morgan fingerprint density at radius 1 is 1.24 bits per heavy atom. The number of carbonyl (C=O) groups is 1. The molecule has 1 aliphatic rings. The molecule has 1 amide bonds. The first-order valence-corrected chi connectivity index (χ1v) is 10.8. The highest BCUT2D eigenvalue weighted by atomic mass is 32.2. The van der Waals surface area contributed by atoms with Gasteiger partial charge in [-0.3, -0.25) is 4.79 Å². The lowest BCUT2D eigenvalue weighted by atomic mass is 10.2. The average molecular weight is 418 g/mol. The second-order valence-electron chi connectivity index (χ2n) is 6.83. The van der Waals surface area contributed by atoms with Crippen molar-refractivity contribution in [2.24, 2.45) is 5.10 Å². The van der Waals surface area contributed by atoms with Crippen molar-refractivity contribution in [3.8, 4) is 0 Å². The molecule has 0 radical (unpaired) electrons. The Hall–Kier alpha value is -2.75. The van der Waals surface area contributed by atoms with E-state index in [0.29, 0.717) is 36.8 Å². The number of nitrogens with one attached hydrogen (secondary N) is 2. The van der Waals surface area contributed by atoms with Crippen molar-refractivity contribution in [2.45, 2.75) is 11.8 Å². The van der Waals surface area contributed by atoms with Gasteiger partial charge < -0.3 is 9.32 Å². The number of piperazine rings is 1. The molecule has 9 heteroatoms. The van der Waals surface area contributed by atoms with E-state index in [1.165, 1.54) is 10.5 Å². The van der Waals surface area contributed by atoms with Gasteiger partial charge in [-0.1, -0.05) is 17.7 Å². The minimum Gasteiger partial charge on any atom is -0.465 e. The second kappa shape index (κ2) is 9.64. The lowest BCUT2D eigenvalue weighted by Gasteiger charge is -2.31. The highest BCUT2D eigenvalue weighted by Crippen LogP contribution is 2.16. The molecule has 2 N–H and O–H groups in total. The Morgan fingerprint density at radius 2 is 1.97 bits per heavy atom. The average Bonchev–Trinajstić information content (AvgIpc) is 3.22. The van der Waals surface area contributed by atoms with Crippen LogP contribution in [0.4, 0.5) is 0 Å². The zero-order chi connectivity index (χ0) is 20.7. The lowest BCUT2D eigenvalue weighted by molar-refractivity contribution is -0.895. The van der Waals surface area contributed by atoms with Crippen LogP contribution in [0.1, 0.15) is 11.3 Å². The summed E-state index contributed by atoms with van der Waals surface area (Å²) < 4.78 is 32.1. The number of benzene rings is 1. The van der Waals surface area contributed by atoms with Crippen LogP contribution in [0, 0.1) is 6.92 Å². The fourth-order valence-corrected chi connectivity index (χ4v) is 4.46. The first kappa shape index (κ1) is 21.0. The normalized spacial score (nSPS) is 16.6. The molecule has 0 aliphatic carbocycles. The van der Waals surface area contributed by atoms with Gasteiger partial charge in [-0.05, 0) is 43.3 Å². The van der Waals surface area contributed by atoms with Gasteiger partial charge in [0.05, 0.1) is 37.3 Å². The second-order valence-corrected chi connectivity index (χ2v) is 8.77. The zero-order valence-electron chi connectivity index (χ0n) is 16.2. The Bertz CT molecular complexity index is 958. The van der Waals surface area contributed by atoms with Crippen LogP contribution in [0.2, 0.25) is 0 Å². The molecule has 0 saturated carbocycles. The monoisotopic (exact) mass is 417 g/mol. The third-order valence-corrected chi connectivity index (χ3v) is 6.57. The Labute approximate surface area is 170 Å². The number of aryl methyl sites for hydroxylation is 1. The van der Waals surface area contributed by atoms with Crippen molar-refractivity contribution in [1.29, 1.82) is 0 Å². The molecule has 0 spiro atoms. The minimum atomic E-state index is -3.49. The molecule has 3 rings (SSSR count). The van der Waals surface area contributed by atoms with Crippen molar-refractivity contribution in [3.63, 3.8) is 0 Å². The SMILES string of the molecule is Cc1ccc(S(=O)(=O)N2CC[NH+](CC(=O)N/N=C\C=C\c3ccco3)CC2)cc1. The van der Waals surface area contributed by atoms with Gasteiger partial charge in [0.25, 0.3) is 5.91 Å². The van der Waals surface area contributed by atoms with E-state index in [1.807, 2.05) is 13.0 Å². The predicted octanol–water partition coefficient (Wildman–Crippen LogP) is 0.293. The standard InChI is InChI=1S/C20H24N4O4S/c1-17-6-8-19(9-7-17)29(26,27)24-13-11-23(12-14-24)16-20(25)22-21-10-2-4-18-5-3-15-28-18/h2-10,15H,11-14,16H2,1H3,(H,22,25)/p+1/b4-2+,21-10-. The van der Waals surface area contributed by atoms with Crippen LogP contribution in [0.5, 0.6) is 0 Å². The molecule has 2 aromatic rings. The van der Waals surface area contributed by atoms with E-state index in [0.717, 1.165) is 10.5 Å². The molecular weight excluding hydrogens is 392 g/mol. The van der Waals surface area contributed by atoms with Crippen LogP contribution < -0.4 is 10.3 Å². The van der Waals surface area contributed by atoms with Crippen molar-refractivity contribution in [1.82, 2.24) is 9.73 Å². The summed E-state index contributed by atoms with van der Waals surface area (Å²) in [6.45, 7) is 4.07. The number of furan rings is 1. The maximum atomic E-state index is 12.7. The van der Waals surface area contributed by atoms with Crippen LogP contribution in [0.25, 0.3) is 6.08 Å². The fourth-order valence-electron chi connectivity index (χ4n) is 3.02. The van der Waals surface area contributed by atoms with Crippen LogP contribution in [-0.4, -0.2) is 57.6 Å². The molecule has 1 saturated heterocycles. The number of allylic oxidation sites excluding steroid dienone is 1. The fraction of sp³-hybridized carbons (Fsp3) is 0.300. The Morgan fingerprint density at radius 3 is 2.62 bits per heavy atom. The van der Waals surface area contributed by atoms with Gasteiger partial charge in [0, 0.05) is 6.21 Å². The molecule has 1 aliphatic heterocycles. The van der Waals surface area contributed by atoms with Crippen LogP contribution in [0.3, 0.4) is 0 Å². The first-order chi connectivity index (χ1) is 13.9. The smallest absolute Gasteiger partial charge is 0.295 e. The Balaban J connectivity index is 1.43. The summed E-state index contributed by atoms with van der Waals surface area (Å²) >= 11 is 0. The quantitative estimate of drug-likeness (QED) is 0.500. The minimum absolute atomic E-state index is 0.211. The number of hydrogen-bond acceptors (Lipinski definition) is 5. The maximum absolute atomic E-state index is 12.7. The molecule has 2 heterocycles. The number of sulfonamides is 1. The molecule has 0 bridgehead atoms. The van der Waals surface area contributed by atoms with Gasteiger partial charge in [0.1, 0.15) is 5.76 Å². The predicted molar refractivity (Wildman–Crippen MR) is 110 cm³/mol. The lowest BCUT2D eigenvalue weighted by Crippen LogP contribution is -3.15. The van der Waals surface area contributed by atoms with E-state index in [-0.39, 0.29) is 12.5 Å². The number of hydrazone groups is 1. The number of quaternary nitrogens is 1. The molecule has 1 fully saturated rings. The van der Waals surface area contributed by atoms with Crippen LogP contribution >= 0.6 is 0 Å². The third kappa shape index (κ3) is 5.86. The summed E-state index contributed by atoms with van der Waals surface area (Å²) in [5.41, 5.74) is 3.50. The molecule has 1 aromatic heterocycles. The number of carbonyl (C=O) groups excluding carboxylic acids is 1. The van der Waals surface area contributed by atoms with E-state index in [2.05, 4.69) is 10.5 Å². The van der Waals surface area contributed by atoms with E-state index < -0.39 is 10.0 Å². The molecular formula is C20H25N4O4S+. The third-order valence-electron chi connectivity index (χ3n) is 4.65. The van der Waals surface area contributed by atoms with Gasteiger partial charge in [-0.15, -0.1) is 0 Å². The largest absolute Gasteiger partial charge is 0.465 e. The van der Waals surface area contributed by atoms with E-state index in [9.17, 15) is 13.2 Å². The number of rotatable bonds is 7. The van der Waals surface area contributed by atoms with Crippen molar-refractivity contribution in [2.75, 3.05) is 32.7 Å². The van der Waals surface area contributed by atoms with Crippen molar-refractivity contribution in [3.05, 3.63) is 60.1 Å². The zero-order valence-corrected chi connectivity index (χ0v) is 17.1. The highest BCUT2D eigenvalue weighted by molar-refractivity contribution is 7.89. The summed E-state index contributed by atoms with van der Waals surface area (Å²) in [4.78, 5) is 13.3. The number of hydrogen-bond donors (Lipinski definition) is 2. The molecule has 8 nitrogen and oxygen atoms in total. The number of nitrogens with zero attached hydrogens (tertiary/aromatic N) is 2. The van der Waals surface area contributed by atoms with E-state index in [4.69, 9.17) is 4.42 Å². The number of amides is 1. The maximum Gasteiger partial charge on any atom is 0.295 e. The van der Waals surface area contributed by atoms with Crippen molar-refractivity contribution >= 4 is 28.2 Å². The van der Waals surface area contributed by atoms with Crippen molar-refractivity contribution < 1.29 is 22.5 Å². The van der Waals surface area contributed by atoms with E-state index in [1.54, 1.807) is 48.7 Å². The summed E-state index contributed by atoms with van der Waals surface area (Å²) in [6, 6.07) is 10.5.